The number of anilines is 1. The summed E-state index contributed by atoms with van der Waals surface area (Å²) in [6.07, 6.45) is 0. The Morgan fingerprint density at radius 3 is 3.00 bits per heavy atom. The molecule has 13 heavy (non-hydrogen) atoms. The molecule has 0 spiro atoms. The molecule has 1 aliphatic rings. The van der Waals surface area contributed by atoms with Gasteiger partial charge < -0.3 is 10.6 Å². The Kier molecular flexibility index (Phi) is 2.33. The first-order chi connectivity index (χ1) is 6.27. The van der Waals surface area contributed by atoms with Crippen molar-refractivity contribution in [2.24, 2.45) is 0 Å². The lowest BCUT2D eigenvalue weighted by molar-refractivity contribution is -0.115. The molecule has 0 atom stereocenters. The molecule has 1 heterocycles. The number of fused-ring (bicyclic) bond motifs is 1. The zero-order valence-corrected chi connectivity index (χ0v) is 8.52. The van der Waals surface area contributed by atoms with E-state index in [1.807, 2.05) is 18.2 Å². The number of nitrogens with one attached hydrogen (secondary N) is 2. The minimum atomic E-state index is 0.0110. The molecule has 4 heteroatoms. The molecular formula is C9H9BrN2O. The summed E-state index contributed by atoms with van der Waals surface area (Å²) in [7, 11) is 0. The van der Waals surface area contributed by atoms with Crippen LogP contribution in [0.1, 0.15) is 5.56 Å². The van der Waals surface area contributed by atoms with E-state index in [2.05, 4.69) is 26.6 Å². The van der Waals surface area contributed by atoms with Gasteiger partial charge in [-0.05, 0) is 12.1 Å². The molecule has 3 nitrogen and oxygen atoms in total. The molecule has 1 amide bonds. The van der Waals surface area contributed by atoms with E-state index in [-0.39, 0.29) is 5.91 Å². The molecule has 1 aliphatic heterocycles. The second-order valence-corrected chi connectivity index (χ2v) is 3.77. The minimum Gasteiger partial charge on any atom is -0.325 e. The fourth-order valence-corrected chi connectivity index (χ4v) is 1.86. The summed E-state index contributed by atoms with van der Waals surface area (Å²) in [5.74, 6) is 0.0110. The summed E-state index contributed by atoms with van der Waals surface area (Å²) in [6, 6.07) is 5.79. The number of rotatable bonds is 0. The third-order valence-corrected chi connectivity index (χ3v) is 2.72. The number of halogens is 1. The number of hydrogen-bond acceptors (Lipinski definition) is 2. The van der Waals surface area contributed by atoms with Gasteiger partial charge in [0.2, 0.25) is 5.91 Å². The highest BCUT2D eigenvalue weighted by Crippen LogP contribution is 2.25. The lowest BCUT2D eigenvalue weighted by Gasteiger charge is -2.06. The molecule has 2 N–H and O–H groups in total. The standard InChI is InChI=1S/C9H9BrN2O/c10-7-2-1-3-8-6(7)4-11-5-9(13)12-8/h1-3,11H,4-5H2,(H,12,13). The van der Waals surface area contributed by atoms with Gasteiger partial charge in [-0.15, -0.1) is 0 Å². The number of amides is 1. The molecule has 0 fully saturated rings. The summed E-state index contributed by atoms with van der Waals surface area (Å²) in [4.78, 5) is 11.2. The van der Waals surface area contributed by atoms with E-state index < -0.39 is 0 Å². The van der Waals surface area contributed by atoms with Crippen molar-refractivity contribution in [3.05, 3.63) is 28.2 Å². The fraction of sp³-hybridized carbons (Fsp3) is 0.222. The Labute approximate surface area is 84.6 Å². The van der Waals surface area contributed by atoms with Crippen LogP contribution in [0.25, 0.3) is 0 Å². The highest BCUT2D eigenvalue weighted by molar-refractivity contribution is 9.10. The Bertz CT molecular complexity index is 351. The first-order valence-electron chi connectivity index (χ1n) is 4.05. The topological polar surface area (TPSA) is 41.1 Å². The molecule has 0 aliphatic carbocycles. The van der Waals surface area contributed by atoms with Crippen LogP contribution in [0.15, 0.2) is 22.7 Å². The first kappa shape index (κ1) is 8.72. The number of hydrogen-bond donors (Lipinski definition) is 2. The smallest absolute Gasteiger partial charge is 0.238 e. The SMILES string of the molecule is O=C1CNCc2c(Br)cccc2N1. The summed E-state index contributed by atoms with van der Waals surface area (Å²) >= 11 is 3.45. The van der Waals surface area contributed by atoms with Crippen LogP contribution in [-0.4, -0.2) is 12.5 Å². The Balaban J connectivity index is 2.45. The van der Waals surface area contributed by atoms with Crippen molar-refractivity contribution < 1.29 is 4.79 Å². The number of carbonyl (C=O) groups excluding carboxylic acids is 1. The Morgan fingerprint density at radius 1 is 1.31 bits per heavy atom. The van der Waals surface area contributed by atoms with Crippen LogP contribution in [0.3, 0.4) is 0 Å². The van der Waals surface area contributed by atoms with Gasteiger partial charge in [0.05, 0.1) is 6.54 Å². The maximum absolute atomic E-state index is 11.2. The van der Waals surface area contributed by atoms with Crippen LogP contribution in [-0.2, 0) is 11.3 Å². The second-order valence-electron chi connectivity index (χ2n) is 2.92. The van der Waals surface area contributed by atoms with E-state index in [1.54, 1.807) is 0 Å². The number of carbonyl (C=O) groups is 1. The maximum Gasteiger partial charge on any atom is 0.238 e. The van der Waals surface area contributed by atoms with Gasteiger partial charge in [0.15, 0.2) is 0 Å². The third-order valence-electron chi connectivity index (χ3n) is 1.98. The van der Waals surface area contributed by atoms with E-state index in [1.165, 1.54) is 0 Å². The van der Waals surface area contributed by atoms with E-state index >= 15 is 0 Å². The van der Waals surface area contributed by atoms with E-state index in [4.69, 9.17) is 0 Å². The van der Waals surface area contributed by atoms with E-state index in [9.17, 15) is 4.79 Å². The van der Waals surface area contributed by atoms with Crippen LogP contribution in [0.4, 0.5) is 5.69 Å². The van der Waals surface area contributed by atoms with Gasteiger partial charge >= 0.3 is 0 Å². The van der Waals surface area contributed by atoms with Gasteiger partial charge in [0, 0.05) is 22.3 Å². The van der Waals surface area contributed by atoms with Crippen LogP contribution < -0.4 is 10.6 Å². The van der Waals surface area contributed by atoms with Crippen molar-refractivity contribution in [2.45, 2.75) is 6.54 Å². The van der Waals surface area contributed by atoms with Gasteiger partial charge in [-0.25, -0.2) is 0 Å². The van der Waals surface area contributed by atoms with Crippen molar-refractivity contribution in [1.82, 2.24) is 5.32 Å². The van der Waals surface area contributed by atoms with Gasteiger partial charge in [0.1, 0.15) is 0 Å². The first-order valence-corrected chi connectivity index (χ1v) is 4.84. The monoisotopic (exact) mass is 240 g/mol. The molecule has 0 bridgehead atoms. The number of benzene rings is 1. The highest BCUT2D eigenvalue weighted by atomic mass is 79.9. The van der Waals surface area contributed by atoms with E-state index in [0.29, 0.717) is 6.54 Å². The second kappa shape index (κ2) is 3.47. The van der Waals surface area contributed by atoms with E-state index in [0.717, 1.165) is 22.3 Å². The molecule has 68 valence electrons. The molecule has 1 aromatic rings. The predicted molar refractivity (Wildman–Crippen MR) is 54.5 cm³/mol. The van der Waals surface area contributed by atoms with Crippen molar-refractivity contribution in [2.75, 3.05) is 11.9 Å². The molecule has 1 aromatic carbocycles. The lowest BCUT2D eigenvalue weighted by Crippen LogP contribution is -2.23. The van der Waals surface area contributed by atoms with Crippen molar-refractivity contribution in [3.8, 4) is 0 Å². The Hall–Kier alpha value is -0.870. The largest absolute Gasteiger partial charge is 0.325 e. The average molecular weight is 241 g/mol. The zero-order chi connectivity index (χ0) is 9.26. The average Bonchev–Trinajstić information content (AvgIpc) is 2.27. The molecule has 0 saturated heterocycles. The quantitative estimate of drug-likeness (QED) is 0.722. The summed E-state index contributed by atoms with van der Waals surface area (Å²) in [5.41, 5.74) is 2.00. The van der Waals surface area contributed by atoms with Gasteiger partial charge in [-0.3, -0.25) is 4.79 Å². The maximum atomic E-state index is 11.2. The van der Waals surface area contributed by atoms with Gasteiger partial charge in [0.25, 0.3) is 0 Å². The Morgan fingerprint density at radius 2 is 2.15 bits per heavy atom. The van der Waals surface area contributed by atoms with Crippen LogP contribution in [0, 0.1) is 0 Å². The van der Waals surface area contributed by atoms with Crippen molar-refractivity contribution in [3.63, 3.8) is 0 Å². The van der Waals surface area contributed by atoms with Crippen LogP contribution in [0.2, 0.25) is 0 Å². The van der Waals surface area contributed by atoms with Crippen molar-refractivity contribution >= 4 is 27.5 Å². The predicted octanol–water partition coefficient (Wildman–Crippen LogP) is 1.49. The zero-order valence-electron chi connectivity index (χ0n) is 6.93. The summed E-state index contributed by atoms with van der Waals surface area (Å²) in [5, 5.41) is 5.88. The van der Waals surface area contributed by atoms with Gasteiger partial charge in [-0.2, -0.15) is 0 Å². The van der Waals surface area contributed by atoms with Crippen LogP contribution in [0.5, 0.6) is 0 Å². The molecule has 0 radical (unpaired) electrons. The van der Waals surface area contributed by atoms with Crippen molar-refractivity contribution in [1.29, 1.82) is 0 Å². The normalized spacial score (nSPS) is 15.9. The molecule has 0 aromatic heterocycles. The third kappa shape index (κ3) is 1.73. The summed E-state index contributed by atoms with van der Waals surface area (Å²) in [6.45, 7) is 1.09. The fourth-order valence-electron chi connectivity index (χ4n) is 1.35. The lowest BCUT2D eigenvalue weighted by atomic mass is 10.2. The summed E-state index contributed by atoms with van der Waals surface area (Å²) < 4.78 is 1.03. The van der Waals surface area contributed by atoms with Crippen LogP contribution >= 0.6 is 15.9 Å². The molecular weight excluding hydrogens is 232 g/mol. The molecule has 2 rings (SSSR count). The molecule has 0 unspecified atom stereocenters. The highest BCUT2D eigenvalue weighted by Gasteiger charge is 2.13. The molecule has 0 saturated carbocycles. The minimum absolute atomic E-state index is 0.0110. The van der Waals surface area contributed by atoms with Gasteiger partial charge in [-0.1, -0.05) is 22.0 Å².